The predicted octanol–water partition coefficient (Wildman–Crippen LogP) is 2.61. The second-order valence-corrected chi connectivity index (χ2v) is 6.72. The van der Waals surface area contributed by atoms with Crippen LogP contribution in [0.2, 0.25) is 0 Å². The number of rotatable bonds is 3. The molecule has 0 radical (unpaired) electrons. The first-order valence-corrected chi connectivity index (χ1v) is 9.20. The third-order valence-corrected chi connectivity index (χ3v) is 5.29. The van der Waals surface area contributed by atoms with Crippen LogP contribution < -0.4 is 0 Å². The molecule has 2 atom stereocenters. The van der Waals surface area contributed by atoms with Crippen molar-refractivity contribution in [2.75, 3.05) is 13.2 Å². The van der Waals surface area contributed by atoms with Crippen LogP contribution in [0.15, 0.2) is 30.6 Å². The van der Waals surface area contributed by atoms with Crippen LogP contribution >= 0.6 is 0 Å². The molecule has 0 unspecified atom stereocenters. The van der Waals surface area contributed by atoms with E-state index < -0.39 is 0 Å². The number of pyridine rings is 1. The molecule has 2 aromatic rings. The first-order valence-electron chi connectivity index (χ1n) is 9.20. The van der Waals surface area contributed by atoms with Gasteiger partial charge in [0.2, 0.25) is 0 Å². The summed E-state index contributed by atoms with van der Waals surface area (Å²) in [7, 11) is 0. The molecule has 2 aromatic heterocycles. The maximum absolute atomic E-state index is 13.3. The molecule has 1 aliphatic heterocycles. The summed E-state index contributed by atoms with van der Waals surface area (Å²) in [6.45, 7) is 3.34. The Balaban J connectivity index is 1.65. The smallest absolute Gasteiger partial charge is 0.257 e. The molecule has 132 valence electrons. The maximum Gasteiger partial charge on any atom is 0.257 e. The van der Waals surface area contributed by atoms with E-state index in [4.69, 9.17) is 4.74 Å². The summed E-state index contributed by atoms with van der Waals surface area (Å²) >= 11 is 0. The van der Waals surface area contributed by atoms with Gasteiger partial charge in [-0.1, -0.05) is 25.8 Å². The Kier molecular flexibility index (Phi) is 4.53. The van der Waals surface area contributed by atoms with E-state index in [9.17, 15) is 4.79 Å². The summed E-state index contributed by atoms with van der Waals surface area (Å²) in [6, 6.07) is 5.92. The highest BCUT2D eigenvalue weighted by molar-refractivity contribution is 5.95. The number of carbonyl (C=O) groups is 1. The van der Waals surface area contributed by atoms with Crippen LogP contribution in [0.25, 0.3) is 5.82 Å². The Bertz CT molecular complexity index is 741. The number of ether oxygens (including phenoxy) is 1. The normalized spacial score (nSPS) is 23.3. The molecule has 6 heteroatoms. The molecule has 0 N–H and O–H groups in total. The Morgan fingerprint density at radius 3 is 3.00 bits per heavy atom. The fourth-order valence-electron chi connectivity index (χ4n) is 4.07. The summed E-state index contributed by atoms with van der Waals surface area (Å²) in [5.41, 5.74) is 1.61. The van der Waals surface area contributed by atoms with E-state index in [2.05, 4.69) is 17.0 Å². The largest absolute Gasteiger partial charge is 0.374 e. The summed E-state index contributed by atoms with van der Waals surface area (Å²) in [4.78, 5) is 19.7. The van der Waals surface area contributed by atoms with Crippen LogP contribution in [0.5, 0.6) is 0 Å². The average Bonchev–Trinajstić information content (AvgIpc) is 3.11. The predicted molar refractivity (Wildman–Crippen MR) is 93.8 cm³/mol. The van der Waals surface area contributed by atoms with Gasteiger partial charge in [-0.3, -0.25) is 4.79 Å². The topological polar surface area (TPSA) is 60.3 Å². The number of hydrogen-bond acceptors (Lipinski definition) is 4. The van der Waals surface area contributed by atoms with Crippen LogP contribution in [0.3, 0.4) is 0 Å². The van der Waals surface area contributed by atoms with Crippen LogP contribution in [-0.4, -0.2) is 50.9 Å². The molecular weight excluding hydrogens is 316 g/mol. The van der Waals surface area contributed by atoms with E-state index in [-0.39, 0.29) is 18.1 Å². The molecule has 2 fully saturated rings. The van der Waals surface area contributed by atoms with E-state index in [1.165, 1.54) is 12.8 Å². The van der Waals surface area contributed by atoms with Crippen molar-refractivity contribution in [3.05, 3.63) is 41.9 Å². The lowest BCUT2D eigenvalue weighted by atomic mass is 9.89. The number of hydrogen-bond donors (Lipinski definition) is 0. The van der Waals surface area contributed by atoms with Crippen LogP contribution in [-0.2, 0) is 11.2 Å². The molecule has 1 saturated heterocycles. The van der Waals surface area contributed by atoms with Gasteiger partial charge in [0.05, 0.1) is 36.2 Å². The highest BCUT2D eigenvalue weighted by Crippen LogP contribution is 2.30. The second-order valence-electron chi connectivity index (χ2n) is 6.72. The van der Waals surface area contributed by atoms with Gasteiger partial charge in [-0.15, -0.1) is 0 Å². The lowest BCUT2D eigenvalue weighted by Gasteiger charge is -2.43. The van der Waals surface area contributed by atoms with Crippen molar-refractivity contribution >= 4 is 5.91 Å². The molecule has 4 rings (SSSR count). The van der Waals surface area contributed by atoms with Gasteiger partial charge in [0.15, 0.2) is 5.82 Å². The number of nitrogens with zero attached hydrogens (tertiary/aromatic N) is 4. The van der Waals surface area contributed by atoms with Crippen molar-refractivity contribution < 1.29 is 9.53 Å². The molecule has 1 saturated carbocycles. The molecular formula is C19H24N4O2. The molecule has 2 aliphatic rings. The minimum atomic E-state index is 0.0826. The molecule has 6 nitrogen and oxygen atoms in total. The molecule has 0 bridgehead atoms. The average molecular weight is 340 g/mol. The summed E-state index contributed by atoms with van der Waals surface area (Å²) in [5, 5.41) is 4.45. The van der Waals surface area contributed by atoms with Gasteiger partial charge < -0.3 is 9.64 Å². The highest BCUT2D eigenvalue weighted by atomic mass is 16.5. The second kappa shape index (κ2) is 6.96. The van der Waals surface area contributed by atoms with E-state index in [1.54, 1.807) is 17.1 Å². The Labute approximate surface area is 147 Å². The zero-order valence-corrected chi connectivity index (χ0v) is 14.6. The van der Waals surface area contributed by atoms with Gasteiger partial charge in [-0.2, -0.15) is 5.10 Å². The summed E-state index contributed by atoms with van der Waals surface area (Å²) in [5.74, 6) is 0.829. The number of amides is 1. The van der Waals surface area contributed by atoms with Gasteiger partial charge in [0, 0.05) is 12.7 Å². The molecule has 25 heavy (non-hydrogen) atoms. The first kappa shape index (κ1) is 16.3. The Morgan fingerprint density at radius 1 is 1.32 bits per heavy atom. The van der Waals surface area contributed by atoms with Crippen LogP contribution in [0.4, 0.5) is 0 Å². The van der Waals surface area contributed by atoms with Crippen molar-refractivity contribution in [1.29, 1.82) is 0 Å². The SMILES string of the molecule is CCc1c(C(=O)N2CCO[C@H]3CCCC[C@@H]32)cnn1-c1ccccn1. The van der Waals surface area contributed by atoms with Crippen LogP contribution in [0.1, 0.15) is 48.7 Å². The van der Waals surface area contributed by atoms with Crippen molar-refractivity contribution in [1.82, 2.24) is 19.7 Å². The van der Waals surface area contributed by atoms with Crippen molar-refractivity contribution in [3.63, 3.8) is 0 Å². The lowest BCUT2D eigenvalue weighted by Crippen LogP contribution is -2.54. The zero-order chi connectivity index (χ0) is 17.2. The summed E-state index contributed by atoms with van der Waals surface area (Å²) < 4.78 is 7.69. The third-order valence-electron chi connectivity index (χ3n) is 5.29. The molecule has 0 aromatic carbocycles. The maximum atomic E-state index is 13.3. The quantitative estimate of drug-likeness (QED) is 0.862. The van der Waals surface area contributed by atoms with Gasteiger partial charge in [0.1, 0.15) is 0 Å². The van der Waals surface area contributed by atoms with Gasteiger partial charge >= 0.3 is 0 Å². The molecule has 0 spiro atoms. The van der Waals surface area contributed by atoms with Crippen molar-refractivity contribution in [2.24, 2.45) is 0 Å². The molecule has 1 amide bonds. The van der Waals surface area contributed by atoms with E-state index >= 15 is 0 Å². The van der Waals surface area contributed by atoms with E-state index in [1.807, 2.05) is 23.1 Å². The standard InChI is InChI=1S/C19H24N4O2/c1-2-15-14(13-21-23(15)18-9-5-6-10-20-18)19(24)22-11-12-25-17-8-4-3-7-16(17)22/h5-6,9-10,13,16-17H,2-4,7-8,11-12H2,1H3/t16-,17-/m0/s1. The monoisotopic (exact) mass is 340 g/mol. The number of fused-ring (bicyclic) bond motifs is 1. The minimum absolute atomic E-state index is 0.0826. The van der Waals surface area contributed by atoms with Crippen molar-refractivity contribution in [3.8, 4) is 5.82 Å². The fraction of sp³-hybridized carbons (Fsp3) is 0.526. The van der Waals surface area contributed by atoms with E-state index in [0.29, 0.717) is 18.7 Å². The number of carbonyl (C=O) groups excluding carboxylic acids is 1. The zero-order valence-electron chi connectivity index (χ0n) is 14.6. The lowest BCUT2D eigenvalue weighted by molar-refractivity contribution is -0.0753. The first-order chi connectivity index (χ1) is 12.3. The van der Waals surface area contributed by atoms with Crippen LogP contribution in [0, 0.1) is 0 Å². The Hall–Kier alpha value is -2.21. The van der Waals surface area contributed by atoms with E-state index in [0.717, 1.165) is 30.8 Å². The fourth-order valence-corrected chi connectivity index (χ4v) is 4.07. The molecule has 3 heterocycles. The van der Waals surface area contributed by atoms with Gasteiger partial charge in [-0.25, -0.2) is 9.67 Å². The summed E-state index contributed by atoms with van der Waals surface area (Å²) in [6.07, 6.45) is 8.83. The number of aromatic nitrogens is 3. The minimum Gasteiger partial charge on any atom is -0.374 e. The van der Waals surface area contributed by atoms with Gasteiger partial charge in [-0.05, 0) is 31.4 Å². The highest BCUT2D eigenvalue weighted by Gasteiger charge is 2.38. The van der Waals surface area contributed by atoms with Gasteiger partial charge in [0.25, 0.3) is 5.91 Å². The third kappa shape index (κ3) is 2.95. The molecule has 1 aliphatic carbocycles. The number of morpholine rings is 1. The van der Waals surface area contributed by atoms with Crippen molar-refractivity contribution in [2.45, 2.75) is 51.2 Å². The Morgan fingerprint density at radius 2 is 2.20 bits per heavy atom.